The average Bonchev–Trinajstić information content (AvgIpc) is 3.71. The minimum absolute atomic E-state index is 0.0652. The van der Waals surface area contributed by atoms with E-state index in [4.69, 9.17) is 9.72 Å². The predicted octanol–water partition coefficient (Wildman–Crippen LogP) is 4.74. The van der Waals surface area contributed by atoms with E-state index in [1.165, 1.54) is 24.6 Å². The molecule has 1 aliphatic carbocycles. The maximum absolute atomic E-state index is 13.4. The van der Waals surface area contributed by atoms with Crippen LogP contribution in [0.25, 0.3) is 10.9 Å². The first kappa shape index (κ1) is 24.5. The Labute approximate surface area is 205 Å². The normalized spacial score (nSPS) is 14.3. The van der Waals surface area contributed by atoms with Crippen LogP contribution in [0.5, 0.6) is 0 Å². The number of carbonyl (C=O) groups excluding carboxylic acids is 1. The first-order valence-electron chi connectivity index (χ1n) is 12.1. The molecule has 0 bridgehead atoms. The van der Waals surface area contributed by atoms with Crippen molar-refractivity contribution in [2.75, 3.05) is 19.0 Å². The van der Waals surface area contributed by atoms with Crippen LogP contribution in [0.1, 0.15) is 38.7 Å². The second kappa shape index (κ2) is 11.7. The summed E-state index contributed by atoms with van der Waals surface area (Å²) in [5, 5.41) is 1.19. The Morgan fingerprint density at radius 1 is 1.18 bits per heavy atom. The van der Waals surface area contributed by atoms with Crippen LogP contribution in [0.2, 0.25) is 0 Å². The molecule has 6 nitrogen and oxygen atoms in total. The minimum Gasteiger partial charge on any atom is -0.382 e. The largest absolute Gasteiger partial charge is 0.382 e. The van der Waals surface area contributed by atoms with E-state index in [1.807, 2.05) is 54.3 Å². The molecule has 3 aromatic rings. The van der Waals surface area contributed by atoms with Crippen LogP contribution in [-0.2, 0) is 22.6 Å². The van der Waals surface area contributed by atoms with Crippen molar-refractivity contribution in [3.8, 4) is 0 Å². The van der Waals surface area contributed by atoms with E-state index in [-0.39, 0.29) is 23.3 Å². The summed E-state index contributed by atoms with van der Waals surface area (Å²) in [6.07, 6.45) is 3.07. The number of aromatic nitrogens is 2. The third-order valence-corrected chi connectivity index (χ3v) is 7.30. The number of hydrogen-bond donors (Lipinski definition) is 0. The molecule has 0 N–H and O–H groups in total. The number of rotatable bonds is 12. The number of ether oxygens (including phenoxy) is 1. The Morgan fingerprint density at radius 2 is 1.91 bits per heavy atom. The number of thioether (sulfide) groups is 1. The fourth-order valence-electron chi connectivity index (χ4n) is 4.21. The lowest BCUT2D eigenvalue weighted by atomic mass is 10.1. The quantitative estimate of drug-likeness (QED) is 0.213. The van der Waals surface area contributed by atoms with Gasteiger partial charge in [-0.1, -0.05) is 54.2 Å². The van der Waals surface area contributed by atoms with Gasteiger partial charge in [-0.15, -0.1) is 0 Å². The van der Waals surface area contributed by atoms with Gasteiger partial charge in [0.25, 0.3) is 5.56 Å². The molecule has 7 heteroatoms. The van der Waals surface area contributed by atoms with Gasteiger partial charge in [0.2, 0.25) is 5.91 Å². The standard InChI is InChI=1S/C27H33N3O3S/c1-3-33-17-9-16-29-26(32)23-12-7-8-13-24(23)28-27(29)34-19-25(31)30(20(2)22-14-15-22)18-21-10-5-4-6-11-21/h4-8,10-13,20,22H,3,9,14-19H2,1-2H3. The fraction of sp³-hybridized carbons (Fsp3) is 0.444. The highest BCUT2D eigenvalue weighted by atomic mass is 32.2. The number of fused-ring (bicyclic) bond motifs is 1. The summed E-state index contributed by atoms with van der Waals surface area (Å²) in [4.78, 5) is 33.4. The molecule has 1 heterocycles. The number of amides is 1. The van der Waals surface area contributed by atoms with Crippen molar-refractivity contribution < 1.29 is 9.53 Å². The Hall–Kier alpha value is -2.64. The third-order valence-electron chi connectivity index (χ3n) is 6.34. The first-order valence-corrected chi connectivity index (χ1v) is 13.1. The Balaban J connectivity index is 1.54. The molecule has 4 rings (SSSR count). The van der Waals surface area contributed by atoms with Crippen LogP contribution < -0.4 is 5.56 Å². The Bertz CT molecular complexity index is 1160. The fourth-order valence-corrected chi connectivity index (χ4v) is 5.12. The molecule has 0 radical (unpaired) electrons. The SMILES string of the molecule is CCOCCCn1c(SCC(=O)N(Cc2ccccc2)C(C)C2CC2)nc2ccccc2c1=O. The van der Waals surface area contributed by atoms with E-state index in [0.29, 0.717) is 54.7 Å². The minimum atomic E-state index is -0.0652. The van der Waals surface area contributed by atoms with Gasteiger partial charge in [0.05, 0.1) is 16.7 Å². The summed E-state index contributed by atoms with van der Waals surface area (Å²) >= 11 is 1.36. The summed E-state index contributed by atoms with van der Waals surface area (Å²) < 4.78 is 7.16. The highest BCUT2D eigenvalue weighted by Gasteiger charge is 2.34. The van der Waals surface area contributed by atoms with Crippen molar-refractivity contribution in [1.29, 1.82) is 0 Å². The van der Waals surface area contributed by atoms with E-state index >= 15 is 0 Å². The van der Waals surface area contributed by atoms with Crippen molar-refractivity contribution >= 4 is 28.6 Å². The summed E-state index contributed by atoms with van der Waals surface area (Å²) in [5.41, 5.74) is 1.73. The number of para-hydroxylation sites is 1. The lowest BCUT2D eigenvalue weighted by Gasteiger charge is -2.29. The molecule has 0 spiro atoms. The van der Waals surface area contributed by atoms with Crippen molar-refractivity contribution in [3.63, 3.8) is 0 Å². The highest BCUT2D eigenvalue weighted by Crippen LogP contribution is 2.36. The van der Waals surface area contributed by atoms with Gasteiger partial charge in [-0.2, -0.15) is 0 Å². The van der Waals surface area contributed by atoms with Crippen molar-refractivity contribution in [2.24, 2.45) is 5.92 Å². The van der Waals surface area contributed by atoms with Gasteiger partial charge < -0.3 is 9.64 Å². The zero-order valence-electron chi connectivity index (χ0n) is 20.0. The molecule has 2 aromatic carbocycles. The predicted molar refractivity (Wildman–Crippen MR) is 137 cm³/mol. The van der Waals surface area contributed by atoms with Crippen LogP contribution in [0.15, 0.2) is 64.5 Å². The molecular weight excluding hydrogens is 446 g/mol. The smallest absolute Gasteiger partial charge is 0.262 e. The summed E-state index contributed by atoms with van der Waals surface area (Å²) in [6, 6.07) is 17.7. The topological polar surface area (TPSA) is 64.4 Å². The van der Waals surface area contributed by atoms with Crippen molar-refractivity contribution in [1.82, 2.24) is 14.5 Å². The van der Waals surface area contributed by atoms with Gasteiger partial charge in [-0.05, 0) is 56.7 Å². The van der Waals surface area contributed by atoms with Gasteiger partial charge in [0, 0.05) is 32.3 Å². The van der Waals surface area contributed by atoms with Crippen molar-refractivity contribution in [2.45, 2.75) is 57.4 Å². The lowest BCUT2D eigenvalue weighted by Crippen LogP contribution is -2.40. The molecule has 1 fully saturated rings. The summed E-state index contributed by atoms with van der Waals surface area (Å²) in [6.45, 7) is 6.46. The zero-order chi connectivity index (χ0) is 23.9. The van der Waals surface area contributed by atoms with Crippen LogP contribution in [0, 0.1) is 5.92 Å². The maximum Gasteiger partial charge on any atom is 0.262 e. The number of carbonyl (C=O) groups is 1. The average molecular weight is 480 g/mol. The van der Waals surface area contributed by atoms with Gasteiger partial charge in [0.1, 0.15) is 0 Å². The summed E-state index contributed by atoms with van der Waals surface area (Å²) in [5.74, 6) is 0.907. The van der Waals surface area contributed by atoms with Crippen molar-refractivity contribution in [3.05, 3.63) is 70.5 Å². The lowest BCUT2D eigenvalue weighted by molar-refractivity contribution is -0.131. The van der Waals surface area contributed by atoms with Gasteiger partial charge in [0.15, 0.2) is 5.16 Å². The Kier molecular flexibility index (Phi) is 8.40. The second-order valence-corrected chi connectivity index (χ2v) is 9.74. The van der Waals surface area contributed by atoms with E-state index < -0.39 is 0 Å². The molecule has 1 aromatic heterocycles. The number of hydrogen-bond acceptors (Lipinski definition) is 5. The van der Waals surface area contributed by atoms with Gasteiger partial charge in [-0.3, -0.25) is 14.2 Å². The summed E-state index contributed by atoms with van der Waals surface area (Å²) in [7, 11) is 0. The Morgan fingerprint density at radius 3 is 2.65 bits per heavy atom. The first-order chi connectivity index (χ1) is 16.6. The molecule has 0 aliphatic heterocycles. The maximum atomic E-state index is 13.4. The number of nitrogens with zero attached hydrogens (tertiary/aromatic N) is 3. The molecule has 1 saturated carbocycles. The van der Waals surface area contributed by atoms with E-state index in [0.717, 1.165) is 5.56 Å². The van der Waals surface area contributed by atoms with E-state index in [2.05, 4.69) is 19.1 Å². The van der Waals surface area contributed by atoms with Crippen LogP contribution in [0.3, 0.4) is 0 Å². The van der Waals surface area contributed by atoms with E-state index in [1.54, 1.807) is 4.57 Å². The second-order valence-electron chi connectivity index (χ2n) is 8.79. The third kappa shape index (κ3) is 6.07. The van der Waals surface area contributed by atoms with E-state index in [9.17, 15) is 9.59 Å². The van der Waals surface area contributed by atoms with Gasteiger partial charge >= 0.3 is 0 Å². The molecule has 34 heavy (non-hydrogen) atoms. The van der Waals surface area contributed by atoms with Crippen LogP contribution in [0.4, 0.5) is 0 Å². The molecular formula is C27H33N3O3S. The monoisotopic (exact) mass is 479 g/mol. The molecule has 180 valence electrons. The molecule has 1 amide bonds. The van der Waals surface area contributed by atoms with Crippen LogP contribution >= 0.6 is 11.8 Å². The zero-order valence-corrected chi connectivity index (χ0v) is 20.8. The molecule has 0 saturated heterocycles. The van der Waals surface area contributed by atoms with Gasteiger partial charge in [-0.25, -0.2) is 4.98 Å². The number of benzene rings is 2. The molecule has 1 unspecified atom stereocenters. The molecule has 1 aliphatic rings. The van der Waals surface area contributed by atoms with Crippen LogP contribution in [-0.4, -0.2) is 45.4 Å². The highest BCUT2D eigenvalue weighted by molar-refractivity contribution is 7.99. The molecule has 1 atom stereocenters.